The van der Waals surface area contributed by atoms with Gasteiger partial charge in [-0.05, 0) is 43.0 Å². The molecule has 2 rings (SSSR count). The average molecular weight is 264 g/mol. The zero-order valence-corrected chi connectivity index (χ0v) is 11.1. The van der Waals surface area contributed by atoms with E-state index in [9.17, 15) is 4.79 Å². The highest BCUT2D eigenvalue weighted by molar-refractivity contribution is 5.75. The first-order chi connectivity index (χ1) is 9.19. The molecule has 0 saturated heterocycles. The second-order valence-corrected chi connectivity index (χ2v) is 4.82. The van der Waals surface area contributed by atoms with Crippen LogP contribution in [0.15, 0.2) is 24.3 Å². The molecule has 5 nitrogen and oxygen atoms in total. The van der Waals surface area contributed by atoms with Gasteiger partial charge in [0, 0.05) is 12.8 Å². The number of hydrogen-bond donors (Lipinski definition) is 2. The fraction of sp³-hybridized carbons (Fsp3) is 0.500. The Balaban J connectivity index is 1.88. The largest absolute Gasteiger partial charge is 0.484 e. The summed E-state index contributed by atoms with van der Waals surface area (Å²) in [5, 5.41) is 3.46. The van der Waals surface area contributed by atoms with Gasteiger partial charge in [0.05, 0.1) is 12.6 Å². The van der Waals surface area contributed by atoms with Crippen LogP contribution in [0.2, 0.25) is 0 Å². The highest BCUT2D eigenvalue weighted by Crippen LogP contribution is 2.34. The summed E-state index contributed by atoms with van der Waals surface area (Å²) in [7, 11) is 1.72. The highest BCUT2D eigenvalue weighted by atomic mass is 16.5. The zero-order valence-electron chi connectivity index (χ0n) is 11.1. The quantitative estimate of drug-likeness (QED) is 0.744. The van der Waals surface area contributed by atoms with Crippen molar-refractivity contribution in [2.45, 2.75) is 18.9 Å². The van der Waals surface area contributed by atoms with E-state index in [1.54, 1.807) is 7.11 Å². The van der Waals surface area contributed by atoms with Gasteiger partial charge in [0.1, 0.15) is 5.75 Å². The van der Waals surface area contributed by atoms with E-state index >= 15 is 0 Å². The van der Waals surface area contributed by atoms with Gasteiger partial charge in [-0.2, -0.15) is 0 Å². The molecule has 1 aliphatic rings. The lowest BCUT2D eigenvalue weighted by Gasteiger charge is -2.18. The summed E-state index contributed by atoms with van der Waals surface area (Å²) >= 11 is 0. The van der Waals surface area contributed by atoms with E-state index in [1.807, 2.05) is 24.3 Å². The molecule has 1 atom stereocenters. The molecule has 1 aromatic rings. The van der Waals surface area contributed by atoms with Crippen LogP contribution in [0.3, 0.4) is 0 Å². The lowest BCUT2D eigenvalue weighted by molar-refractivity contribution is -0.119. The number of primary amides is 1. The first-order valence-corrected chi connectivity index (χ1v) is 6.45. The van der Waals surface area contributed by atoms with Gasteiger partial charge in [-0.15, -0.1) is 0 Å². The molecule has 1 unspecified atom stereocenters. The number of hydrogen-bond acceptors (Lipinski definition) is 4. The number of nitrogens with one attached hydrogen (secondary N) is 1. The summed E-state index contributed by atoms with van der Waals surface area (Å²) in [5.74, 6) is 0.876. The van der Waals surface area contributed by atoms with E-state index in [0.29, 0.717) is 24.3 Å². The van der Waals surface area contributed by atoms with Crippen molar-refractivity contribution < 1.29 is 14.3 Å². The van der Waals surface area contributed by atoms with Crippen LogP contribution < -0.4 is 15.8 Å². The monoisotopic (exact) mass is 264 g/mol. The van der Waals surface area contributed by atoms with Crippen molar-refractivity contribution in [2.75, 3.05) is 25.6 Å². The topological polar surface area (TPSA) is 73.6 Å². The van der Waals surface area contributed by atoms with Gasteiger partial charge in [0.15, 0.2) is 6.61 Å². The smallest absolute Gasteiger partial charge is 0.255 e. The Morgan fingerprint density at radius 3 is 2.63 bits per heavy atom. The Bertz CT molecular complexity index is 415. The Morgan fingerprint density at radius 1 is 1.42 bits per heavy atom. The molecule has 1 amide bonds. The van der Waals surface area contributed by atoms with Crippen molar-refractivity contribution >= 4 is 11.6 Å². The molecule has 0 aromatic heterocycles. The zero-order chi connectivity index (χ0) is 13.7. The minimum Gasteiger partial charge on any atom is -0.484 e. The summed E-state index contributed by atoms with van der Waals surface area (Å²) in [4.78, 5) is 10.6. The number of methoxy groups -OCH3 is 1. The van der Waals surface area contributed by atoms with Crippen molar-refractivity contribution in [1.29, 1.82) is 0 Å². The molecule has 0 heterocycles. The molecular weight excluding hydrogens is 244 g/mol. The van der Waals surface area contributed by atoms with Gasteiger partial charge in [-0.3, -0.25) is 4.79 Å². The summed E-state index contributed by atoms with van der Waals surface area (Å²) in [6.07, 6.45) is 2.53. The second kappa shape index (κ2) is 6.43. The number of benzene rings is 1. The van der Waals surface area contributed by atoms with Crippen LogP contribution in [-0.2, 0) is 9.53 Å². The predicted octanol–water partition coefficient (Wildman–Crippen LogP) is 1.39. The van der Waals surface area contributed by atoms with E-state index in [1.165, 1.54) is 12.8 Å². The third-order valence-corrected chi connectivity index (χ3v) is 3.12. The van der Waals surface area contributed by atoms with Gasteiger partial charge in [-0.1, -0.05) is 0 Å². The Hall–Kier alpha value is -1.75. The lowest BCUT2D eigenvalue weighted by Crippen LogP contribution is -2.27. The van der Waals surface area contributed by atoms with Crippen LogP contribution in [0.5, 0.6) is 5.75 Å². The maximum absolute atomic E-state index is 10.6. The third-order valence-electron chi connectivity index (χ3n) is 3.12. The van der Waals surface area contributed by atoms with E-state index in [0.717, 1.165) is 5.69 Å². The number of carbonyl (C=O) groups excluding carboxylic acids is 1. The fourth-order valence-corrected chi connectivity index (χ4v) is 1.99. The highest BCUT2D eigenvalue weighted by Gasteiger charge is 2.30. The number of amides is 1. The maximum atomic E-state index is 10.6. The van der Waals surface area contributed by atoms with Crippen LogP contribution in [0.1, 0.15) is 12.8 Å². The van der Waals surface area contributed by atoms with Crippen molar-refractivity contribution in [2.24, 2.45) is 11.7 Å². The van der Waals surface area contributed by atoms with Gasteiger partial charge < -0.3 is 20.5 Å². The molecule has 0 bridgehead atoms. The Labute approximate surface area is 113 Å². The molecule has 0 aliphatic heterocycles. The first kappa shape index (κ1) is 13.7. The molecule has 0 spiro atoms. The predicted molar refractivity (Wildman–Crippen MR) is 73.1 cm³/mol. The molecule has 0 radical (unpaired) electrons. The molecule has 3 N–H and O–H groups in total. The number of carbonyl (C=O) groups is 1. The number of ether oxygens (including phenoxy) is 2. The summed E-state index contributed by atoms with van der Waals surface area (Å²) in [6.45, 7) is 0.617. The fourth-order valence-electron chi connectivity index (χ4n) is 1.99. The summed E-state index contributed by atoms with van der Waals surface area (Å²) < 4.78 is 10.4. The van der Waals surface area contributed by atoms with Crippen molar-refractivity contribution in [1.82, 2.24) is 0 Å². The molecule has 1 saturated carbocycles. The third kappa shape index (κ3) is 4.44. The van der Waals surface area contributed by atoms with Crippen LogP contribution in [0.25, 0.3) is 0 Å². The standard InChI is InChI=1S/C14H20N2O3/c1-18-8-13(10-2-3-10)16-11-4-6-12(7-5-11)19-9-14(15)17/h4-7,10,13,16H,2-3,8-9H2,1H3,(H2,15,17). The number of anilines is 1. The molecule has 104 valence electrons. The van der Waals surface area contributed by atoms with Crippen LogP contribution >= 0.6 is 0 Å². The van der Waals surface area contributed by atoms with Gasteiger partial charge in [0.25, 0.3) is 5.91 Å². The number of nitrogens with two attached hydrogens (primary N) is 1. The average Bonchev–Trinajstić information content (AvgIpc) is 3.21. The van der Waals surface area contributed by atoms with E-state index in [2.05, 4.69) is 5.32 Å². The van der Waals surface area contributed by atoms with Gasteiger partial charge in [-0.25, -0.2) is 0 Å². The van der Waals surface area contributed by atoms with Crippen LogP contribution in [0.4, 0.5) is 5.69 Å². The minimum absolute atomic E-state index is 0.0961. The molecule has 19 heavy (non-hydrogen) atoms. The summed E-state index contributed by atoms with van der Waals surface area (Å²) in [6, 6.07) is 7.87. The molecule has 1 aromatic carbocycles. The van der Waals surface area contributed by atoms with E-state index in [-0.39, 0.29) is 6.61 Å². The maximum Gasteiger partial charge on any atom is 0.255 e. The second-order valence-electron chi connectivity index (χ2n) is 4.82. The first-order valence-electron chi connectivity index (χ1n) is 6.45. The van der Waals surface area contributed by atoms with Gasteiger partial charge in [0.2, 0.25) is 0 Å². The van der Waals surface area contributed by atoms with Crippen molar-refractivity contribution in [3.8, 4) is 5.75 Å². The van der Waals surface area contributed by atoms with Crippen LogP contribution in [-0.4, -0.2) is 32.3 Å². The normalized spacial score (nSPS) is 15.8. The van der Waals surface area contributed by atoms with Gasteiger partial charge >= 0.3 is 0 Å². The SMILES string of the molecule is COCC(Nc1ccc(OCC(N)=O)cc1)C1CC1. The lowest BCUT2D eigenvalue weighted by atomic mass is 10.2. The van der Waals surface area contributed by atoms with Crippen molar-refractivity contribution in [3.05, 3.63) is 24.3 Å². The Morgan fingerprint density at radius 2 is 2.11 bits per heavy atom. The number of rotatable bonds is 8. The van der Waals surface area contributed by atoms with E-state index < -0.39 is 5.91 Å². The van der Waals surface area contributed by atoms with Crippen LogP contribution in [0, 0.1) is 5.92 Å². The Kier molecular flexibility index (Phi) is 4.63. The van der Waals surface area contributed by atoms with Crippen molar-refractivity contribution in [3.63, 3.8) is 0 Å². The molecule has 5 heteroatoms. The van der Waals surface area contributed by atoms with E-state index in [4.69, 9.17) is 15.2 Å². The molecular formula is C14H20N2O3. The molecule has 1 fully saturated rings. The minimum atomic E-state index is -0.476. The molecule has 1 aliphatic carbocycles. The summed E-state index contributed by atoms with van der Waals surface area (Å²) in [5.41, 5.74) is 6.05.